The lowest BCUT2D eigenvalue weighted by Crippen LogP contribution is -2.35. The van der Waals surface area contributed by atoms with E-state index in [1.807, 2.05) is 48.5 Å². The Morgan fingerprint density at radius 1 is 1.00 bits per heavy atom. The number of para-hydroxylation sites is 1. The van der Waals surface area contributed by atoms with Crippen LogP contribution in [0.3, 0.4) is 0 Å². The second kappa shape index (κ2) is 4.39. The molecule has 0 saturated carbocycles. The van der Waals surface area contributed by atoms with E-state index in [-0.39, 0.29) is 11.8 Å². The molecule has 1 atom stereocenters. The third-order valence-electron chi connectivity index (χ3n) is 3.67. The van der Waals surface area contributed by atoms with Crippen molar-refractivity contribution in [1.29, 1.82) is 0 Å². The Bertz CT molecular complexity index is 645. The Balaban J connectivity index is 2.22. The lowest BCUT2D eigenvalue weighted by atomic mass is 9.81. The van der Waals surface area contributed by atoms with Gasteiger partial charge in [-0.05, 0) is 17.2 Å². The lowest BCUT2D eigenvalue weighted by molar-refractivity contribution is -0.115. The van der Waals surface area contributed by atoms with Crippen LogP contribution in [-0.2, 0) is 4.79 Å². The summed E-state index contributed by atoms with van der Waals surface area (Å²) >= 11 is 0. The molecule has 0 N–H and O–H groups in total. The highest BCUT2D eigenvalue weighted by Gasteiger charge is 2.33. The zero-order chi connectivity index (χ0) is 13.4. The van der Waals surface area contributed by atoms with Gasteiger partial charge in [-0.3, -0.25) is 4.79 Å². The fourth-order valence-corrected chi connectivity index (χ4v) is 2.70. The van der Waals surface area contributed by atoms with Crippen LogP contribution in [0.4, 0.5) is 5.69 Å². The molecule has 1 aliphatic rings. The van der Waals surface area contributed by atoms with Crippen molar-refractivity contribution in [3.63, 3.8) is 0 Å². The van der Waals surface area contributed by atoms with Crippen LogP contribution in [-0.4, -0.2) is 13.0 Å². The second-order valence-corrected chi connectivity index (χ2v) is 4.79. The highest BCUT2D eigenvalue weighted by molar-refractivity contribution is 6.09. The average Bonchev–Trinajstić information content (AvgIpc) is 2.46. The number of benzene rings is 2. The van der Waals surface area contributed by atoms with Crippen molar-refractivity contribution in [2.45, 2.75) is 5.92 Å². The van der Waals surface area contributed by atoms with Gasteiger partial charge in [-0.1, -0.05) is 55.1 Å². The zero-order valence-electron chi connectivity index (χ0n) is 10.8. The van der Waals surface area contributed by atoms with Crippen LogP contribution in [0.1, 0.15) is 17.0 Å². The summed E-state index contributed by atoms with van der Waals surface area (Å²) in [4.78, 5) is 14.0. The van der Waals surface area contributed by atoms with E-state index >= 15 is 0 Å². The van der Waals surface area contributed by atoms with E-state index in [1.165, 1.54) is 0 Å². The number of likely N-dealkylation sites (N-methyl/N-ethyl adjacent to an activating group) is 1. The topological polar surface area (TPSA) is 20.3 Å². The first-order valence-corrected chi connectivity index (χ1v) is 6.31. The molecule has 19 heavy (non-hydrogen) atoms. The molecule has 0 spiro atoms. The van der Waals surface area contributed by atoms with E-state index in [2.05, 4.69) is 12.6 Å². The molecule has 2 aromatic carbocycles. The van der Waals surface area contributed by atoms with Crippen molar-refractivity contribution >= 4 is 11.6 Å². The SMILES string of the molecule is C=C1C(=O)N(C)c2ccccc2[C@@H]1c1ccccc1. The molecule has 0 aromatic heterocycles. The molecule has 0 fully saturated rings. The molecule has 3 rings (SSSR count). The molecule has 2 nitrogen and oxygen atoms in total. The maximum Gasteiger partial charge on any atom is 0.254 e. The van der Waals surface area contributed by atoms with Gasteiger partial charge in [-0.25, -0.2) is 0 Å². The third kappa shape index (κ3) is 1.76. The predicted octanol–water partition coefficient (Wildman–Crippen LogP) is 3.35. The Kier molecular flexibility index (Phi) is 2.71. The molecule has 1 amide bonds. The number of hydrogen-bond donors (Lipinski definition) is 0. The number of carbonyl (C=O) groups excluding carboxylic acids is 1. The summed E-state index contributed by atoms with van der Waals surface area (Å²) in [5.41, 5.74) is 3.85. The molecular weight excluding hydrogens is 234 g/mol. The van der Waals surface area contributed by atoms with Gasteiger partial charge in [0.15, 0.2) is 0 Å². The Morgan fingerprint density at radius 2 is 1.63 bits per heavy atom. The molecule has 1 heterocycles. The first-order valence-electron chi connectivity index (χ1n) is 6.31. The standard InChI is InChI=1S/C17H15NO/c1-12-16(13-8-4-3-5-9-13)14-10-6-7-11-15(14)18(2)17(12)19/h3-11,16H,1H2,2H3/t16-/m0/s1. The maximum absolute atomic E-state index is 12.3. The van der Waals surface area contributed by atoms with Crippen molar-refractivity contribution in [3.05, 3.63) is 77.9 Å². The number of rotatable bonds is 1. The normalized spacial score (nSPS) is 18.4. The number of nitrogens with zero attached hydrogens (tertiary/aromatic N) is 1. The van der Waals surface area contributed by atoms with E-state index in [9.17, 15) is 4.79 Å². The van der Waals surface area contributed by atoms with Crippen LogP contribution in [0.25, 0.3) is 0 Å². The van der Waals surface area contributed by atoms with Crippen LogP contribution in [0.15, 0.2) is 66.7 Å². The largest absolute Gasteiger partial charge is 0.311 e. The van der Waals surface area contributed by atoms with Gasteiger partial charge in [0.1, 0.15) is 0 Å². The van der Waals surface area contributed by atoms with E-state index < -0.39 is 0 Å². The van der Waals surface area contributed by atoms with Crippen molar-refractivity contribution in [3.8, 4) is 0 Å². The number of fused-ring (bicyclic) bond motifs is 1. The number of carbonyl (C=O) groups is 1. The number of amides is 1. The fraction of sp³-hybridized carbons (Fsp3) is 0.118. The average molecular weight is 249 g/mol. The summed E-state index contributed by atoms with van der Waals surface area (Å²) in [6.07, 6.45) is 0. The Labute approximate surface area is 113 Å². The highest BCUT2D eigenvalue weighted by Crippen LogP contribution is 2.41. The van der Waals surface area contributed by atoms with Gasteiger partial charge in [0.25, 0.3) is 5.91 Å². The summed E-state index contributed by atoms with van der Waals surface area (Å²) in [5, 5.41) is 0. The fourth-order valence-electron chi connectivity index (χ4n) is 2.70. The molecule has 2 aromatic rings. The molecule has 0 unspecified atom stereocenters. The minimum atomic E-state index is -0.0406. The van der Waals surface area contributed by atoms with Crippen molar-refractivity contribution in [1.82, 2.24) is 0 Å². The molecule has 2 heteroatoms. The zero-order valence-corrected chi connectivity index (χ0v) is 10.8. The minimum absolute atomic E-state index is 0.00690. The Morgan fingerprint density at radius 3 is 2.37 bits per heavy atom. The third-order valence-corrected chi connectivity index (χ3v) is 3.67. The van der Waals surface area contributed by atoms with Gasteiger partial charge in [-0.2, -0.15) is 0 Å². The van der Waals surface area contributed by atoms with Gasteiger partial charge in [-0.15, -0.1) is 0 Å². The van der Waals surface area contributed by atoms with Gasteiger partial charge in [0, 0.05) is 24.2 Å². The van der Waals surface area contributed by atoms with Crippen LogP contribution < -0.4 is 4.90 Å². The number of anilines is 1. The van der Waals surface area contributed by atoms with Crippen LogP contribution in [0.5, 0.6) is 0 Å². The van der Waals surface area contributed by atoms with E-state index in [4.69, 9.17) is 0 Å². The van der Waals surface area contributed by atoms with Crippen LogP contribution >= 0.6 is 0 Å². The van der Waals surface area contributed by atoms with E-state index in [0.717, 1.165) is 16.8 Å². The maximum atomic E-state index is 12.3. The summed E-state index contributed by atoms with van der Waals surface area (Å²) in [7, 11) is 1.80. The predicted molar refractivity (Wildman–Crippen MR) is 77.3 cm³/mol. The van der Waals surface area contributed by atoms with Crippen molar-refractivity contribution in [2.24, 2.45) is 0 Å². The van der Waals surface area contributed by atoms with E-state index in [0.29, 0.717) is 5.57 Å². The molecule has 0 bridgehead atoms. The van der Waals surface area contributed by atoms with Crippen molar-refractivity contribution < 1.29 is 4.79 Å². The van der Waals surface area contributed by atoms with Gasteiger partial charge < -0.3 is 4.90 Å². The first-order chi connectivity index (χ1) is 9.20. The monoisotopic (exact) mass is 249 g/mol. The van der Waals surface area contributed by atoms with Gasteiger partial charge in [0.05, 0.1) is 0 Å². The molecule has 94 valence electrons. The van der Waals surface area contributed by atoms with E-state index in [1.54, 1.807) is 11.9 Å². The molecule has 1 aliphatic heterocycles. The van der Waals surface area contributed by atoms with Crippen LogP contribution in [0, 0.1) is 0 Å². The second-order valence-electron chi connectivity index (χ2n) is 4.79. The molecular formula is C17H15NO. The first kappa shape index (κ1) is 11.7. The summed E-state index contributed by atoms with van der Waals surface area (Å²) < 4.78 is 0. The summed E-state index contributed by atoms with van der Waals surface area (Å²) in [6, 6.07) is 18.1. The van der Waals surface area contributed by atoms with Crippen LogP contribution in [0.2, 0.25) is 0 Å². The molecule has 0 aliphatic carbocycles. The lowest BCUT2D eigenvalue weighted by Gasteiger charge is -2.33. The van der Waals surface area contributed by atoms with Crippen molar-refractivity contribution in [2.75, 3.05) is 11.9 Å². The summed E-state index contributed by atoms with van der Waals surface area (Å²) in [6.45, 7) is 4.01. The molecule has 0 saturated heterocycles. The molecule has 0 radical (unpaired) electrons. The number of hydrogen-bond acceptors (Lipinski definition) is 1. The smallest absolute Gasteiger partial charge is 0.254 e. The quantitative estimate of drug-likeness (QED) is 0.710. The minimum Gasteiger partial charge on any atom is -0.311 e. The van der Waals surface area contributed by atoms with Gasteiger partial charge in [0.2, 0.25) is 0 Å². The Hall–Kier alpha value is -2.35. The highest BCUT2D eigenvalue weighted by atomic mass is 16.2. The van der Waals surface area contributed by atoms with Gasteiger partial charge >= 0.3 is 0 Å². The summed E-state index contributed by atoms with van der Waals surface area (Å²) in [5.74, 6) is -0.0475.